The number of aromatic nitrogens is 5. The van der Waals surface area contributed by atoms with Crippen molar-refractivity contribution in [3.05, 3.63) is 35.7 Å². The van der Waals surface area contributed by atoms with E-state index in [9.17, 15) is 9.59 Å². The number of rotatable bonds is 8. The number of amides is 2. The average Bonchev–Trinajstić information content (AvgIpc) is 3.32. The lowest BCUT2D eigenvalue weighted by Gasteiger charge is -2.09. The molecule has 2 amide bonds. The van der Waals surface area contributed by atoms with Crippen molar-refractivity contribution in [2.45, 2.75) is 26.8 Å². The number of fused-ring (bicyclic) bond motifs is 3. The minimum absolute atomic E-state index is 0.249. The van der Waals surface area contributed by atoms with Crippen LogP contribution in [0.5, 0.6) is 5.75 Å². The molecule has 3 aromatic heterocycles. The molecule has 0 saturated carbocycles. The fourth-order valence-electron chi connectivity index (χ4n) is 3.55. The van der Waals surface area contributed by atoms with Crippen molar-refractivity contribution in [1.29, 1.82) is 0 Å². The highest BCUT2D eigenvalue weighted by Gasteiger charge is 2.17. The molecule has 5 N–H and O–H groups in total. The van der Waals surface area contributed by atoms with Gasteiger partial charge in [0.2, 0.25) is 5.91 Å². The van der Waals surface area contributed by atoms with E-state index in [1.807, 2.05) is 24.6 Å². The predicted molar refractivity (Wildman–Crippen MR) is 118 cm³/mol. The van der Waals surface area contributed by atoms with Gasteiger partial charge in [-0.15, -0.1) is 0 Å². The third-order valence-corrected chi connectivity index (χ3v) is 4.99. The molecule has 4 aromatic rings. The first-order valence-electron chi connectivity index (χ1n) is 10.1. The fourth-order valence-corrected chi connectivity index (χ4v) is 3.55. The van der Waals surface area contributed by atoms with Gasteiger partial charge in [-0.1, -0.05) is 0 Å². The zero-order valence-electron chi connectivity index (χ0n) is 17.7. The highest BCUT2D eigenvalue weighted by molar-refractivity contribution is 6.11. The van der Waals surface area contributed by atoms with Crippen LogP contribution in [0.1, 0.15) is 29.4 Å². The number of hydrogen-bond acceptors (Lipinski definition) is 6. The maximum Gasteiger partial charge on any atom is 0.404 e. The highest BCUT2D eigenvalue weighted by atomic mass is 16.5. The molecule has 166 valence electrons. The number of carbonyl (C=O) groups is 2. The lowest BCUT2D eigenvalue weighted by Crippen LogP contribution is -2.23. The van der Waals surface area contributed by atoms with Crippen LogP contribution in [0.25, 0.3) is 33.5 Å². The summed E-state index contributed by atoms with van der Waals surface area (Å²) in [4.78, 5) is 34.9. The van der Waals surface area contributed by atoms with Crippen LogP contribution in [-0.2, 0) is 6.54 Å². The lowest BCUT2D eigenvalue weighted by atomic mass is 10.1. The number of H-pyrrole nitrogens is 1. The number of aromatic amines is 1. The molecule has 4 rings (SSSR count). The summed E-state index contributed by atoms with van der Waals surface area (Å²) < 4.78 is 7.68. The molecule has 0 spiro atoms. The molecular formula is C21H23N7O4. The first-order valence-corrected chi connectivity index (χ1v) is 10.1. The number of nitrogens with one attached hydrogen (secondary N) is 2. The van der Waals surface area contributed by atoms with Gasteiger partial charge in [0.15, 0.2) is 5.82 Å². The van der Waals surface area contributed by atoms with Crippen LogP contribution in [0.2, 0.25) is 0 Å². The van der Waals surface area contributed by atoms with Gasteiger partial charge in [-0.3, -0.25) is 9.48 Å². The predicted octanol–water partition coefficient (Wildman–Crippen LogP) is 2.44. The number of carboxylic acid groups (broad SMARTS) is 1. The molecule has 0 fully saturated rings. The highest BCUT2D eigenvalue weighted by Crippen LogP contribution is 2.33. The third kappa shape index (κ3) is 4.04. The zero-order valence-corrected chi connectivity index (χ0v) is 17.7. The van der Waals surface area contributed by atoms with Gasteiger partial charge in [0.05, 0.1) is 17.8 Å². The molecule has 0 aliphatic heterocycles. The Hall–Kier alpha value is -4.15. The first-order chi connectivity index (χ1) is 15.4. The summed E-state index contributed by atoms with van der Waals surface area (Å²) in [5.74, 6) is 0.378. The minimum atomic E-state index is -1.09. The molecule has 1 aromatic carbocycles. The first kappa shape index (κ1) is 21.1. The summed E-state index contributed by atoms with van der Waals surface area (Å²) in [6.07, 6.45) is 1.07. The molecule has 3 heterocycles. The summed E-state index contributed by atoms with van der Waals surface area (Å²) >= 11 is 0. The second-order valence-corrected chi connectivity index (χ2v) is 7.26. The second-order valence-electron chi connectivity index (χ2n) is 7.26. The molecule has 0 aliphatic rings. The van der Waals surface area contributed by atoms with Gasteiger partial charge >= 0.3 is 6.09 Å². The van der Waals surface area contributed by atoms with E-state index >= 15 is 0 Å². The monoisotopic (exact) mass is 437 g/mol. The molecule has 0 unspecified atom stereocenters. The van der Waals surface area contributed by atoms with Crippen molar-refractivity contribution in [3.63, 3.8) is 0 Å². The van der Waals surface area contributed by atoms with Crippen LogP contribution >= 0.6 is 0 Å². The smallest absolute Gasteiger partial charge is 0.404 e. The third-order valence-electron chi connectivity index (χ3n) is 4.99. The Morgan fingerprint density at radius 3 is 2.81 bits per heavy atom. The Bertz CT molecular complexity index is 1320. The molecule has 0 bridgehead atoms. The molecule has 11 heteroatoms. The molecule has 0 aliphatic carbocycles. The fraction of sp³-hybridized carbons (Fsp3) is 0.286. The van der Waals surface area contributed by atoms with Crippen LogP contribution in [0.4, 0.5) is 4.79 Å². The Kier molecular flexibility index (Phi) is 5.63. The van der Waals surface area contributed by atoms with Crippen LogP contribution in [0.15, 0.2) is 24.4 Å². The van der Waals surface area contributed by atoms with Crippen LogP contribution in [0.3, 0.4) is 0 Å². The summed E-state index contributed by atoms with van der Waals surface area (Å²) in [6.45, 7) is 5.10. The van der Waals surface area contributed by atoms with Crippen LogP contribution in [-0.4, -0.2) is 55.0 Å². The Balaban J connectivity index is 1.74. The number of nitrogens with zero attached hydrogens (tertiary/aromatic N) is 4. The summed E-state index contributed by atoms with van der Waals surface area (Å²) in [5, 5.41) is 16.8. The van der Waals surface area contributed by atoms with Crippen molar-refractivity contribution in [1.82, 2.24) is 30.0 Å². The van der Waals surface area contributed by atoms with Crippen molar-refractivity contribution >= 4 is 33.9 Å². The van der Waals surface area contributed by atoms with Crippen LogP contribution < -0.4 is 15.8 Å². The second kappa shape index (κ2) is 8.53. The summed E-state index contributed by atoms with van der Waals surface area (Å²) in [6, 6.07) is 5.17. The number of nitrogens with two attached hydrogens (primary N) is 1. The standard InChI is InChI=1S/C21H23N7O4/c1-3-28-15(7-11(2)27-28)20-24-10-14-13-8-12(18(22)29)9-16(17(13)25-19(14)26-20)32-6-4-5-23-21(30)31/h7-10,23H,3-6H2,1-2H3,(H2,22,29)(H,30,31)(H,24,25,26). The largest absolute Gasteiger partial charge is 0.491 e. The summed E-state index contributed by atoms with van der Waals surface area (Å²) in [7, 11) is 0. The SMILES string of the molecule is CCn1nc(C)cc1-c1ncc2c(n1)[nH]c1c(OCCCNC(=O)O)cc(C(N)=O)cc12. The maximum atomic E-state index is 11.9. The van der Waals surface area contributed by atoms with E-state index in [0.717, 1.165) is 16.8 Å². The van der Waals surface area contributed by atoms with Gasteiger partial charge in [0.25, 0.3) is 0 Å². The molecule has 32 heavy (non-hydrogen) atoms. The Morgan fingerprint density at radius 2 is 2.09 bits per heavy atom. The number of ether oxygens (including phenoxy) is 1. The van der Waals surface area contributed by atoms with Crippen molar-refractivity contribution in [3.8, 4) is 17.3 Å². The van der Waals surface area contributed by atoms with Crippen molar-refractivity contribution < 1.29 is 19.4 Å². The van der Waals surface area contributed by atoms with E-state index in [2.05, 4.69) is 25.4 Å². The number of benzene rings is 1. The number of carbonyl (C=O) groups excluding carboxylic acids is 1. The molecule has 0 radical (unpaired) electrons. The van der Waals surface area contributed by atoms with Gasteiger partial charge in [-0.2, -0.15) is 5.10 Å². The van der Waals surface area contributed by atoms with E-state index in [4.69, 9.17) is 15.6 Å². The van der Waals surface area contributed by atoms with Gasteiger partial charge in [-0.25, -0.2) is 14.8 Å². The van der Waals surface area contributed by atoms with Crippen molar-refractivity contribution in [2.24, 2.45) is 5.73 Å². The van der Waals surface area contributed by atoms with E-state index < -0.39 is 12.0 Å². The molecule has 0 atom stereocenters. The lowest BCUT2D eigenvalue weighted by molar-refractivity contribution is 0.1000. The Labute approximate surface area is 182 Å². The average molecular weight is 437 g/mol. The molecule has 0 saturated heterocycles. The van der Waals surface area contributed by atoms with Gasteiger partial charge in [0.1, 0.15) is 17.1 Å². The molecule has 11 nitrogen and oxygen atoms in total. The molecular weight excluding hydrogens is 414 g/mol. The topological polar surface area (TPSA) is 161 Å². The van der Waals surface area contributed by atoms with E-state index in [-0.39, 0.29) is 13.2 Å². The Morgan fingerprint density at radius 1 is 1.28 bits per heavy atom. The van der Waals surface area contributed by atoms with E-state index in [1.165, 1.54) is 0 Å². The quantitative estimate of drug-likeness (QED) is 0.308. The van der Waals surface area contributed by atoms with Crippen molar-refractivity contribution in [2.75, 3.05) is 13.2 Å². The van der Waals surface area contributed by atoms with E-state index in [1.54, 1.807) is 18.3 Å². The summed E-state index contributed by atoms with van der Waals surface area (Å²) in [5.41, 5.74) is 8.73. The number of hydrogen-bond donors (Lipinski definition) is 4. The number of aryl methyl sites for hydroxylation is 2. The maximum absolute atomic E-state index is 11.9. The normalized spacial score (nSPS) is 11.2. The van der Waals surface area contributed by atoms with Gasteiger partial charge in [0, 0.05) is 35.6 Å². The van der Waals surface area contributed by atoms with Gasteiger partial charge in [-0.05, 0) is 38.5 Å². The van der Waals surface area contributed by atoms with E-state index in [0.29, 0.717) is 46.7 Å². The minimum Gasteiger partial charge on any atom is -0.491 e. The van der Waals surface area contributed by atoms with Crippen LogP contribution in [0, 0.1) is 6.92 Å². The number of primary amides is 1. The zero-order chi connectivity index (χ0) is 22.8. The van der Waals surface area contributed by atoms with Gasteiger partial charge < -0.3 is 25.9 Å².